The van der Waals surface area contributed by atoms with Crippen LogP contribution in [0.5, 0.6) is 0 Å². The van der Waals surface area contributed by atoms with E-state index in [1.165, 1.54) is 0 Å². The van der Waals surface area contributed by atoms with E-state index >= 15 is 0 Å². The molecule has 0 unspecified atom stereocenters. The Morgan fingerprint density at radius 3 is 2.77 bits per heavy atom. The first kappa shape index (κ1) is 14.0. The monoisotopic (exact) mass is 292 g/mol. The molecule has 0 spiro atoms. The minimum absolute atomic E-state index is 0.0830. The van der Waals surface area contributed by atoms with Crippen molar-refractivity contribution in [1.29, 1.82) is 0 Å². The van der Waals surface area contributed by atoms with Gasteiger partial charge in [-0.3, -0.25) is 14.5 Å². The largest absolute Gasteiger partial charge is 0.348 e. The molecule has 0 aliphatic heterocycles. The lowest BCUT2D eigenvalue weighted by Crippen LogP contribution is -2.22. The van der Waals surface area contributed by atoms with Crippen molar-refractivity contribution in [3.63, 3.8) is 0 Å². The fourth-order valence-electron chi connectivity index (χ4n) is 2.17. The number of nitrogens with zero attached hydrogens (tertiary/aromatic N) is 3. The van der Waals surface area contributed by atoms with Crippen LogP contribution in [-0.4, -0.2) is 20.7 Å². The molecule has 0 fully saturated rings. The summed E-state index contributed by atoms with van der Waals surface area (Å²) in [4.78, 5) is 16.4. The van der Waals surface area contributed by atoms with Crippen molar-refractivity contribution < 1.29 is 4.79 Å². The third kappa shape index (κ3) is 3.20. The highest BCUT2D eigenvalue weighted by molar-refractivity contribution is 5.94. The number of hydrogen-bond acceptors (Lipinski definition) is 3. The molecule has 1 aromatic carbocycles. The van der Waals surface area contributed by atoms with E-state index < -0.39 is 0 Å². The van der Waals surface area contributed by atoms with E-state index in [2.05, 4.69) is 15.4 Å². The van der Waals surface area contributed by atoms with Crippen molar-refractivity contribution in [2.75, 3.05) is 0 Å². The summed E-state index contributed by atoms with van der Waals surface area (Å²) < 4.78 is 1.74. The van der Waals surface area contributed by atoms with E-state index in [1.54, 1.807) is 29.2 Å². The number of aromatic nitrogens is 3. The Bertz CT molecular complexity index is 780. The highest BCUT2D eigenvalue weighted by Gasteiger charge is 2.06. The molecule has 5 nitrogen and oxygen atoms in total. The number of nitrogens with one attached hydrogen (secondary N) is 1. The lowest BCUT2D eigenvalue weighted by Gasteiger charge is -2.06. The van der Waals surface area contributed by atoms with E-state index in [9.17, 15) is 4.79 Å². The number of carbonyl (C=O) groups is 1. The summed E-state index contributed by atoms with van der Waals surface area (Å²) in [5, 5.41) is 7.06. The summed E-state index contributed by atoms with van der Waals surface area (Å²) in [6, 6.07) is 13.0. The van der Waals surface area contributed by atoms with Crippen LogP contribution in [0.2, 0.25) is 0 Å². The molecule has 5 heteroatoms. The van der Waals surface area contributed by atoms with Gasteiger partial charge >= 0.3 is 0 Å². The van der Waals surface area contributed by atoms with Gasteiger partial charge in [0.25, 0.3) is 5.91 Å². The molecule has 0 radical (unpaired) electrons. The van der Waals surface area contributed by atoms with Crippen LogP contribution >= 0.6 is 0 Å². The summed E-state index contributed by atoms with van der Waals surface area (Å²) in [6.07, 6.45) is 5.43. The average Bonchev–Trinajstić information content (AvgIpc) is 3.00. The first-order valence-corrected chi connectivity index (χ1v) is 6.99. The number of amides is 1. The molecule has 0 atom stereocenters. The second-order valence-electron chi connectivity index (χ2n) is 5.00. The van der Waals surface area contributed by atoms with Crippen molar-refractivity contribution in [3.05, 3.63) is 72.2 Å². The highest BCUT2D eigenvalue weighted by Crippen LogP contribution is 2.16. The van der Waals surface area contributed by atoms with Gasteiger partial charge in [-0.15, -0.1) is 0 Å². The number of benzene rings is 1. The zero-order valence-electron chi connectivity index (χ0n) is 12.2. The van der Waals surface area contributed by atoms with Crippen molar-refractivity contribution in [2.45, 2.75) is 6.54 Å². The molecule has 2 heterocycles. The van der Waals surface area contributed by atoms with Crippen LogP contribution < -0.4 is 5.32 Å². The predicted molar refractivity (Wildman–Crippen MR) is 84.1 cm³/mol. The van der Waals surface area contributed by atoms with Gasteiger partial charge in [0.2, 0.25) is 0 Å². The number of pyridine rings is 1. The van der Waals surface area contributed by atoms with Crippen LogP contribution in [0.25, 0.3) is 11.3 Å². The lowest BCUT2D eigenvalue weighted by atomic mass is 10.1. The standard InChI is InChI=1S/C17H16N4O/c1-21-12-15(11-20-21)16-9-13(7-8-18-16)10-19-17(22)14-5-3-2-4-6-14/h2-9,11-12H,10H2,1H3,(H,19,22). The van der Waals surface area contributed by atoms with Gasteiger partial charge in [-0.05, 0) is 29.8 Å². The first-order valence-electron chi connectivity index (χ1n) is 6.99. The Balaban J connectivity index is 1.70. The van der Waals surface area contributed by atoms with Crippen molar-refractivity contribution in [3.8, 4) is 11.3 Å². The van der Waals surface area contributed by atoms with Gasteiger partial charge in [0.05, 0.1) is 11.9 Å². The molecular formula is C17H16N4O. The van der Waals surface area contributed by atoms with Crippen LogP contribution in [0.15, 0.2) is 61.1 Å². The fourth-order valence-corrected chi connectivity index (χ4v) is 2.17. The second-order valence-corrected chi connectivity index (χ2v) is 5.00. The molecule has 1 amide bonds. The summed E-state index contributed by atoms with van der Waals surface area (Å²) >= 11 is 0. The Morgan fingerprint density at radius 1 is 1.23 bits per heavy atom. The molecule has 2 aromatic heterocycles. The topological polar surface area (TPSA) is 59.8 Å². The van der Waals surface area contributed by atoms with Gasteiger partial charge in [-0.1, -0.05) is 18.2 Å². The third-order valence-corrected chi connectivity index (χ3v) is 3.31. The summed E-state index contributed by atoms with van der Waals surface area (Å²) in [5.41, 5.74) is 3.46. The molecule has 110 valence electrons. The Labute approximate surface area is 128 Å². The van der Waals surface area contributed by atoms with Gasteiger partial charge in [-0.2, -0.15) is 5.10 Å². The molecule has 0 saturated carbocycles. The van der Waals surface area contributed by atoms with Crippen LogP contribution in [0.1, 0.15) is 15.9 Å². The molecule has 22 heavy (non-hydrogen) atoms. The molecule has 3 rings (SSSR count). The highest BCUT2D eigenvalue weighted by atomic mass is 16.1. The zero-order chi connectivity index (χ0) is 15.4. The number of rotatable bonds is 4. The van der Waals surface area contributed by atoms with Gasteiger partial charge in [0, 0.05) is 37.1 Å². The van der Waals surface area contributed by atoms with Crippen LogP contribution in [-0.2, 0) is 13.6 Å². The molecule has 0 aliphatic carbocycles. The maximum atomic E-state index is 12.0. The SMILES string of the molecule is Cn1cc(-c2cc(CNC(=O)c3ccccc3)ccn2)cn1. The quantitative estimate of drug-likeness (QED) is 0.803. The van der Waals surface area contributed by atoms with Gasteiger partial charge < -0.3 is 5.32 Å². The molecule has 0 aliphatic rings. The first-order chi connectivity index (χ1) is 10.7. The van der Waals surface area contributed by atoms with E-state index in [4.69, 9.17) is 0 Å². The van der Waals surface area contributed by atoms with Crippen LogP contribution in [0.4, 0.5) is 0 Å². The van der Waals surface area contributed by atoms with E-state index in [-0.39, 0.29) is 5.91 Å². The van der Waals surface area contributed by atoms with Gasteiger partial charge in [0.15, 0.2) is 0 Å². The fraction of sp³-hybridized carbons (Fsp3) is 0.118. The van der Waals surface area contributed by atoms with Crippen LogP contribution in [0, 0.1) is 0 Å². The maximum absolute atomic E-state index is 12.0. The van der Waals surface area contributed by atoms with Crippen molar-refractivity contribution in [1.82, 2.24) is 20.1 Å². The number of hydrogen-bond donors (Lipinski definition) is 1. The average molecular weight is 292 g/mol. The second kappa shape index (κ2) is 6.22. The van der Waals surface area contributed by atoms with E-state index in [0.29, 0.717) is 12.1 Å². The summed E-state index contributed by atoms with van der Waals surface area (Å²) in [7, 11) is 1.87. The molecular weight excluding hydrogens is 276 g/mol. The minimum Gasteiger partial charge on any atom is -0.348 e. The summed E-state index contributed by atoms with van der Waals surface area (Å²) in [6.45, 7) is 0.462. The molecule has 0 saturated heterocycles. The third-order valence-electron chi connectivity index (χ3n) is 3.31. The predicted octanol–water partition coefficient (Wildman–Crippen LogP) is 2.41. The van der Waals surface area contributed by atoms with Crippen molar-refractivity contribution in [2.24, 2.45) is 7.05 Å². The van der Waals surface area contributed by atoms with Gasteiger partial charge in [0.1, 0.15) is 0 Å². The van der Waals surface area contributed by atoms with Gasteiger partial charge in [-0.25, -0.2) is 0 Å². The minimum atomic E-state index is -0.0830. The lowest BCUT2D eigenvalue weighted by molar-refractivity contribution is 0.0951. The Hall–Kier alpha value is -2.95. The Morgan fingerprint density at radius 2 is 2.05 bits per heavy atom. The van der Waals surface area contributed by atoms with E-state index in [1.807, 2.05) is 43.6 Å². The maximum Gasteiger partial charge on any atom is 0.251 e. The molecule has 0 bridgehead atoms. The Kier molecular flexibility index (Phi) is 3.96. The number of carbonyl (C=O) groups excluding carboxylic acids is 1. The van der Waals surface area contributed by atoms with Crippen LogP contribution in [0.3, 0.4) is 0 Å². The summed E-state index contributed by atoms with van der Waals surface area (Å²) in [5.74, 6) is -0.0830. The van der Waals surface area contributed by atoms with E-state index in [0.717, 1.165) is 16.8 Å². The normalized spacial score (nSPS) is 10.4. The molecule has 1 N–H and O–H groups in total. The zero-order valence-corrected chi connectivity index (χ0v) is 12.2. The molecule has 3 aromatic rings. The smallest absolute Gasteiger partial charge is 0.251 e. The number of aryl methyl sites for hydroxylation is 1. The van der Waals surface area contributed by atoms with Crippen molar-refractivity contribution >= 4 is 5.91 Å².